The van der Waals surface area contributed by atoms with E-state index >= 15 is 0 Å². The van der Waals surface area contributed by atoms with Crippen molar-refractivity contribution in [2.24, 2.45) is 4.99 Å². The molecule has 2 aliphatic rings. The molecule has 6 heteroatoms. The smallest absolute Gasteiger partial charge is 0.213 e. The fourth-order valence-electron chi connectivity index (χ4n) is 3.24. The number of rotatable bonds is 5. The van der Waals surface area contributed by atoms with Crippen molar-refractivity contribution in [3.8, 4) is 5.88 Å². The van der Waals surface area contributed by atoms with Gasteiger partial charge in [-0.2, -0.15) is 0 Å². The highest BCUT2D eigenvalue weighted by atomic mass is 127. The molecule has 1 aromatic heterocycles. The molecule has 0 amide bonds. The summed E-state index contributed by atoms with van der Waals surface area (Å²) < 4.78 is 5.94. The molecule has 3 rings (SSSR count). The first kappa shape index (κ1) is 19.0. The van der Waals surface area contributed by atoms with E-state index < -0.39 is 0 Å². The van der Waals surface area contributed by atoms with Crippen LogP contribution in [0, 0.1) is 0 Å². The van der Waals surface area contributed by atoms with E-state index in [-0.39, 0.29) is 30.1 Å². The topological polar surface area (TPSA) is 49.8 Å². The molecule has 1 fully saturated rings. The Morgan fingerprint density at radius 1 is 1.46 bits per heavy atom. The number of aliphatic imine (C=N–C) groups is 1. The lowest BCUT2D eigenvalue weighted by molar-refractivity contribution is 0.205. The predicted molar refractivity (Wildman–Crippen MR) is 108 cm³/mol. The molecular formula is C18H27IN4O. The largest absolute Gasteiger partial charge is 0.472 e. The summed E-state index contributed by atoms with van der Waals surface area (Å²) in [5.74, 6) is 1.69. The van der Waals surface area contributed by atoms with Gasteiger partial charge >= 0.3 is 0 Å². The number of hydrogen-bond acceptors (Lipinski definition) is 3. The molecule has 5 nitrogen and oxygen atoms in total. The lowest BCUT2D eigenvalue weighted by Gasteiger charge is -2.21. The molecule has 1 aliphatic carbocycles. The molecule has 1 atom stereocenters. The van der Waals surface area contributed by atoms with E-state index in [1.807, 2.05) is 25.2 Å². The monoisotopic (exact) mass is 442 g/mol. The van der Waals surface area contributed by atoms with Crippen LogP contribution in [0.2, 0.25) is 0 Å². The van der Waals surface area contributed by atoms with Crippen LogP contribution in [0.1, 0.15) is 32.1 Å². The Morgan fingerprint density at radius 2 is 2.38 bits per heavy atom. The van der Waals surface area contributed by atoms with E-state index in [2.05, 4.69) is 26.3 Å². The van der Waals surface area contributed by atoms with Crippen LogP contribution in [0.15, 0.2) is 41.0 Å². The molecular weight excluding hydrogens is 415 g/mol. The van der Waals surface area contributed by atoms with E-state index in [1.54, 1.807) is 11.8 Å². The summed E-state index contributed by atoms with van der Waals surface area (Å²) in [6.07, 6.45) is 10.3. The molecule has 1 unspecified atom stereocenters. The average Bonchev–Trinajstić information content (AvgIpc) is 3.25. The highest BCUT2D eigenvalue weighted by Crippen LogP contribution is 2.20. The SMILES string of the molecule is CN=C(NCCC1=CCCC1)N1CCC(Oc2ccccn2)C1.I. The molecule has 1 aromatic rings. The van der Waals surface area contributed by atoms with Gasteiger partial charge in [0.2, 0.25) is 5.88 Å². The Balaban J connectivity index is 0.00000208. The third-order valence-corrected chi connectivity index (χ3v) is 4.45. The Hall–Kier alpha value is -1.31. The highest BCUT2D eigenvalue weighted by molar-refractivity contribution is 14.0. The Morgan fingerprint density at radius 3 is 3.08 bits per heavy atom. The van der Waals surface area contributed by atoms with E-state index in [0.717, 1.165) is 38.4 Å². The summed E-state index contributed by atoms with van der Waals surface area (Å²) in [5.41, 5.74) is 1.59. The number of hydrogen-bond donors (Lipinski definition) is 1. The maximum atomic E-state index is 5.94. The van der Waals surface area contributed by atoms with Crippen LogP contribution in [0.25, 0.3) is 0 Å². The first-order valence-corrected chi connectivity index (χ1v) is 8.56. The van der Waals surface area contributed by atoms with E-state index in [4.69, 9.17) is 4.74 Å². The molecule has 2 heterocycles. The minimum Gasteiger partial charge on any atom is -0.472 e. The van der Waals surface area contributed by atoms with Crippen LogP contribution >= 0.6 is 24.0 Å². The maximum absolute atomic E-state index is 5.94. The summed E-state index contributed by atoms with van der Waals surface area (Å²) in [6, 6.07) is 5.76. The molecule has 132 valence electrons. The number of nitrogens with zero attached hydrogens (tertiary/aromatic N) is 3. The van der Waals surface area contributed by atoms with Gasteiger partial charge in [-0.05, 0) is 31.7 Å². The fourth-order valence-corrected chi connectivity index (χ4v) is 3.24. The summed E-state index contributed by atoms with van der Waals surface area (Å²) in [7, 11) is 1.85. The normalized spacial score (nSPS) is 20.5. The number of ether oxygens (including phenoxy) is 1. The summed E-state index contributed by atoms with van der Waals surface area (Å²) >= 11 is 0. The maximum Gasteiger partial charge on any atom is 0.213 e. The van der Waals surface area contributed by atoms with Crippen molar-refractivity contribution in [2.75, 3.05) is 26.7 Å². The van der Waals surface area contributed by atoms with Crippen molar-refractivity contribution in [1.82, 2.24) is 15.2 Å². The Kier molecular flexibility index (Phi) is 7.81. The first-order chi connectivity index (χ1) is 11.3. The molecule has 0 bridgehead atoms. The van der Waals surface area contributed by atoms with Gasteiger partial charge in [-0.15, -0.1) is 24.0 Å². The molecule has 1 saturated heterocycles. The third-order valence-electron chi connectivity index (χ3n) is 4.45. The molecule has 0 aromatic carbocycles. The van der Waals surface area contributed by atoms with E-state index in [9.17, 15) is 0 Å². The van der Waals surface area contributed by atoms with Gasteiger partial charge in [-0.1, -0.05) is 17.7 Å². The van der Waals surface area contributed by atoms with Crippen molar-refractivity contribution in [3.05, 3.63) is 36.0 Å². The van der Waals surface area contributed by atoms with Gasteiger partial charge in [0, 0.05) is 38.8 Å². The second kappa shape index (κ2) is 9.86. The van der Waals surface area contributed by atoms with Gasteiger partial charge in [-0.25, -0.2) is 4.98 Å². The van der Waals surface area contributed by atoms with Crippen molar-refractivity contribution in [1.29, 1.82) is 0 Å². The number of halogens is 1. The van der Waals surface area contributed by atoms with Gasteiger partial charge in [0.25, 0.3) is 0 Å². The zero-order valence-corrected chi connectivity index (χ0v) is 16.6. The molecule has 24 heavy (non-hydrogen) atoms. The van der Waals surface area contributed by atoms with Crippen LogP contribution in [-0.2, 0) is 0 Å². The molecule has 0 radical (unpaired) electrons. The quantitative estimate of drug-likeness (QED) is 0.329. The van der Waals surface area contributed by atoms with Gasteiger partial charge < -0.3 is 15.0 Å². The van der Waals surface area contributed by atoms with E-state index in [1.165, 1.54) is 19.3 Å². The minimum atomic E-state index is 0. The van der Waals surface area contributed by atoms with Crippen LogP contribution in [0.4, 0.5) is 0 Å². The van der Waals surface area contributed by atoms with Crippen molar-refractivity contribution in [3.63, 3.8) is 0 Å². The van der Waals surface area contributed by atoms with Gasteiger partial charge in [0.15, 0.2) is 5.96 Å². The van der Waals surface area contributed by atoms with Crippen LogP contribution in [-0.4, -0.2) is 48.6 Å². The molecule has 0 spiro atoms. The average molecular weight is 442 g/mol. The number of likely N-dealkylation sites (tertiary alicyclic amines) is 1. The van der Waals surface area contributed by atoms with Gasteiger partial charge in [-0.3, -0.25) is 4.99 Å². The summed E-state index contributed by atoms with van der Waals surface area (Å²) in [5, 5.41) is 3.49. The van der Waals surface area contributed by atoms with Crippen LogP contribution < -0.4 is 10.1 Å². The predicted octanol–water partition coefficient (Wildman–Crippen LogP) is 3.23. The number of allylic oxidation sites excluding steroid dienone is 1. The van der Waals surface area contributed by atoms with E-state index in [0.29, 0.717) is 5.88 Å². The molecule has 0 saturated carbocycles. The van der Waals surface area contributed by atoms with Gasteiger partial charge in [0.05, 0.1) is 6.54 Å². The zero-order chi connectivity index (χ0) is 15.9. The lowest BCUT2D eigenvalue weighted by Crippen LogP contribution is -2.41. The fraction of sp³-hybridized carbons (Fsp3) is 0.556. The summed E-state index contributed by atoms with van der Waals surface area (Å²) in [4.78, 5) is 10.9. The Bertz CT molecular complexity index is 561. The second-order valence-electron chi connectivity index (χ2n) is 6.12. The second-order valence-corrected chi connectivity index (χ2v) is 6.12. The summed E-state index contributed by atoms with van der Waals surface area (Å²) in [6.45, 7) is 2.79. The third kappa shape index (κ3) is 5.36. The number of nitrogens with one attached hydrogen (secondary N) is 1. The Labute approximate surface area is 161 Å². The minimum absolute atomic E-state index is 0. The van der Waals surface area contributed by atoms with Crippen molar-refractivity contribution < 1.29 is 4.74 Å². The van der Waals surface area contributed by atoms with Crippen molar-refractivity contribution >= 4 is 29.9 Å². The van der Waals surface area contributed by atoms with Crippen LogP contribution in [0.5, 0.6) is 5.88 Å². The highest BCUT2D eigenvalue weighted by Gasteiger charge is 2.26. The zero-order valence-electron chi connectivity index (χ0n) is 14.3. The van der Waals surface area contributed by atoms with Crippen molar-refractivity contribution in [2.45, 2.75) is 38.2 Å². The first-order valence-electron chi connectivity index (χ1n) is 8.56. The number of guanidine groups is 1. The lowest BCUT2D eigenvalue weighted by atomic mass is 10.2. The molecule has 1 aliphatic heterocycles. The molecule has 1 N–H and O–H groups in total. The number of pyridine rings is 1. The number of aromatic nitrogens is 1. The van der Waals surface area contributed by atoms with Gasteiger partial charge in [0.1, 0.15) is 6.10 Å². The van der Waals surface area contributed by atoms with Crippen LogP contribution in [0.3, 0.4) is 0 Å². The standard InChI is InChI=1S/C18H26N4O.HI/c1-19-18(21-12-9-15-6-2-3-7-15)22-13-10-16(14-22)23-17-8-4-5-11-20-17;/h4-6,8,11,16H,2-3,7,9-10,12-14H2,1H3,(H,19,21);1H.